The molecule has 0 atom stereocenters. The van der Waals surface area contributed by atoms with Gasteiger partial charge in [0.2, 0.25) is 0 Å². The molecule has 2 aromatic carbocycles. The molecule has 26 heavy (non-hydrogen) atoms. The van der Waals surface area contributed by atoms with Crippen molar-refractivity contribution in [1.82, 2.24) is 9.55 Å². The minimum Gasteiger partial charge on any atom is -0.504 e. The lowest BCUT2D eigenvalue weighted by Crippen LogP contribution is -2.10. The molecule has 2 N–H and O–H groups in total. The molecule has 5 heteroatoms. The van der Waals surface area contributed by atoms with Gasteiger partial charge in [-0.15, -0.1) is 0 Å². The predicted octanol–water partition coefficient (Wildman–Crippen LogP) is 3.87. The first-order valence-corrected chi connectivity index (χ1v) is 8.12. The number of hydrogen-bond donors (Lipinski definition) is 2. The molecule has 0 bridgehead atoms. The second-order valence-corrected chi connectivity index (χ2v) is 6.15. The Labute approximate surface area is 149 Å². The van der Waals surface area contributed by atoms with Crippen molar-refractivity contribution >= 4 is 11.0 Å². The molecule has 2 heterocycles. The summed E-state index contributed by atoms with van der Waals surface area (Å²) >= 11 is 0. The summed E-state index contributed by atoms with van der Waals surface area (Å²) in [5.74, 6) is -0.307. The largest absolute Gasteiger partial charge is 0.504 e. The van der Waals surface area contributed by atoms with Gasteiger partial charge in [0.1, 0.15) is 11.6 Å². The highest BCUT2D eigenvalue weighted by atomic mass is 16.3. The third-order valence-electron chi connectivity index (χ3n) is 4.46. The summed E-state index contributed by atoms with van der Waals surface area (Å²) in [5, 5.41) is 19.5. The molecule has 0 aliphatic heterocycles. The van der Waals surface area contributed by atoms with Crippen molar-refractivity contribution in [3.8, 4) is 28.6 Å². The molecule has 0 amide bonds. The number of aromatic amines is 1. The van der Waals surface area contributed by atoms with Crippen molar-refractivity contribution in [2.24, 2.45) is 0 Å². The summed E-state index contributed by atoms with van der Waals surface area (Å²) in [6, 6.07) is 19.6. The van der Waals surface area contributed by atoms with Crippen molar-refractivity contribution in [1.29, 1.82) is 5.26 Å². The lowest BCUT2D eigenvalue weighted by atomic mass is 10.0. The molecule has 0 radical (unpaired) electrons. The van der Waals surface area contributed by atoms with Crippen LogP contribution in [0.4, 0.5) is 0 Å². The monoisotopic (exact) mass is 341 g/mol. The van der Waals surface area contributed by atoms with Gasteiger partial charge in [0.05, 0.1) is 5.52 Å². The Hall–Kier alpha value is -3.78. The fraction of sp³-hybridized carbons (Fsp3) is 0.0476. The van der Waals surface area contributed by atoms with Gasteiger partial charge in [-0.05, 0) is 36.2 Å². The van der Waals surface area contributed by atoms with Crippen LogP contribution in [-0.2, 0) is 0 Å². The van der Waals surface area contributed by atoms with Gasteiger partial charge in [-0.3, -0.25) is 4.79 Å². The molecule has 0 aliphatic rings. The zero-order valence-electron chi connectivity index (χ0n) is 14.0. The molecule has 0 aliphatic carbocycles. The molecule has 126 valence electrons. The van der Waals surface area contributed by atoms with Crippen LogP contribution < -0.4 is 5.56 Å². The maximum Gasteiger partial charge on any atom is 0.270 e. The summed E-state index contributed by atoms with van der Waals surface area (Å²) in [7, 11) is 0. The number of benzene rings is 2. The highest BCUT2D eigenvalue weighted by molar-refractivity contribution is 5.86. The zero-order valence-corrected chi connectivity index (χ0v) is 14.0. The number of nitriles is 1. The van der Waals surface area contributed by atoms with Gasteiger partial charge in [0.25, 0.3) is 5.56 Å². The smallest absolute Gasteiger partial charge is 0.270 e. The summed E-state index contributed by atoms with van der Waals surface area (Å²) < 4.78 is 1.75. The summed E-state index contributed by atoms with van der Waals surface area (Å²) in [4.78, 5) is 14.4. The van der Waals surface area contributed by atoms with Crippen LogP contribution in [0.3, 0.4) is 0 Å². The van der Waals surface area contributed by atoms with E-state index < -0.39 is 5.56 Å². The second-order valence-electron chi connectivity index (χ2n) is 6.15. The third-order valence-corrected chi connectivity index (χ3v) is 4.46. The van der Waals surface area contributed by atoms with Crippen LogP contribution in [0.2, 0.25) is 0 Å². The molecule has 5 nitrogen and oxygen atoms in total. The van der Waals surface area contributed by atoms with Crippen LogP contribution in [0, 0.1) is 18.3 Å². The lowest BCUT2D eigenvalue weighted by molar-refractivity contribution is 0.476. The van der Waals surface area contributed by atoms with Crippen molar-refractivity contribution in [2.45, 2.75) is 6.92 Å². The van der Waals surface area contributed by atoms with E-state index >= 15 is 0 Å². The molecule has 0 fully saturated rings. The molecule has 2 aromatic heterocycles. The van der Waals surface area contributed by atoms with Crippen molar-refractivity contribution in [3.63, 3.8) is 0 Å². The molecular formula is C21H15N3O2. The molecule has 4 aromatic rings. The number of H-pyrrole nitrogens is 1. The number of fused-ring (bicyclic) bond motifs is 1. The Bertz CT molecular complexity index is 1210. The van der Waals surface area contributed by atoms with Crippen LogP contribution in [-0.4, -0.2) is 14.7 Å². The highest BCUT2D eigenvalue weighted by Gasteiger charge is 2.15. The van der Waals surface area contributed by atoms with E-state index in [0.29, 0.717) is 11.0 Å². The lowest BCUT2D eigenvalue weighted by Gasteiger charge is -2.09. The quantitative estimate of drug-likeness (QED) is 0.580. The van der Waals surface area contributed by atoms with Crippen molar-refractivity contribution in [2.75, 3.05) is 0 Å². The SMILES string of the molecule is Cc1ccc(-c2ccc(-n3ccc4[nH]c(=O)c(C#N)c(O)c43)cc2)cc1. The van der Waals surface area contributed by atoms with Gasteiger partial charge in [0.15, 0.2) is 11.3 Å². The van der Waals surface area contributed by atoms with Gasteiger partial charge >= 0.3 is 0 Å². The number of aromatic hydroxyl groups is 1. The number of rotatable bonds is 2. The first-order chi connectivity index (χ1) is 12.6. The molecule has 0 saturated carbocycles. The molecule has 0 spiro atoms. The minimum atomic E-state index is -0.593. The molecule has 4 rings (SSSR count). The fourth-order valence-corrected chi connectivity index (χ4v) is 3.06. The third kappa shape index (κ3) is 2.45. The fourth-order valence-electron chi connectivity index (χ4n) is 3.06. The normalized spacial score (nSPS) is 10.8. The number of aromatic nitrogens is 2. The average Bonchev–Trinajstić information content (AvgIpc) is 3.07. The van der Waals surface area contributed by atoms with E-state index in [2.05, 4.69) is 36.2 Å². The average molecular weight is 341 g/mol. The first kappa shape index (κ1) is 15.7. The molecular weight excluding hydrogens is 326 g/mol. The second kappa shape index (κ2) is 5.94. The van der Waals surface area contributed by atoms with E-state index in [9.17, 15) is 9.90 Å². The zero-order chi connectivity index (χ0) is 18.3. The number of nitrogens with one attached hydrogen (secondary N) is 1. The van der Waals surface area contributed by atoms with Gasteiger partial charge in [-0.2, -0.15) is 5.26 Å². The van der Waals surface area contributed by atoms with Crippen molar-refractivity contribution in [3.05, 3.63) is 82.3 Å². The first-order valence-electron chi connectivity index (χ1n) is 8.12. The van der Waals surface area contributed by atoms with E-state index in [1.165, 1.54) is 5.56 Å². The van der Waals surface area contributed by atoms with Crippen LogP contribution in [0.5, 0.6) is 5.75 Å². The van der Waals surface area contributed by atoms with E-state index in [1.54, 1.807) is 22.9 Å². The standard InChI is InChI=1S/C21H15N3O2/c1-13-2-4-14(5-3-13)15-6-8-16(9-7-15)24-11-10-18-19(24)20(25)17(12-22)21(26)23-18/h2-11H,1H3,(H2,23,25,26). The van der Waals surface area contributed by atoms with E-state index in [0.717, 1.165) is 16.8 Å². The molecule has 0 unspecified atom stereocenters. The Morgan fingerprint density at radius 2 is 1.62 bits per heavy atom. The summed E-state index contributed by atoms with van der Waals surface area (Å²) in [6.45, 7) is 2.05. The molecule has 0 saturated heterocycles. The maximum absolute atomic E-state index is 11.8. The van der Waals surface area contributed by atoms with Gasteiger partial charge in [0, 0.05) is 11.9 Å². The number of pyridine rings is 1. The number of aryl methyl sites for hydroxylation is 1. The topological polar surface area (TPSA) is 81.8 Å². The van der Waals surface area contributed by atoms with Crippen LogP contribution in [0.25, 0.3) is 27.8 Å². The number of hydrogen-bond acceptors (Lipinski definition) is 3. The predicted molar refractivity (Wildman–Crippen MR) is 100 cm³/mol. The summed E-state index contributed by atoms with van der Waals surface area (Å²) in [6.07, 6.45) is 1.75. The van der Waals surface area contributed by atoms with E-state index in [4.69, 9.17) is 5.26 Å². The maximum atomic E-state index is 11.8. The van der Waals surface area contributed by atoms with Crippen LogP contribution in [0.15, 0.2) is 65.6 Å². The minimum absolute atomic E-state index is 0.284. The van der Waals surface area contributed by atoms with Crippen molar-refractivity contribution < 1.29 is 5.11 Å². The Morgan fingerprint density at radius 3 is 2.23 bits per heavy atom. The van der Waals surface area contributed by atoms with Crippen LogP contribution >= 0.6 is 0 Å². The summed E-state index contributed by atoms with van der Waals surface area (Å²) in [5.41, 5.74) is 4.25. The van der Waals surface area contributed by atoms with Gasteiger partial charge in [-0.1, -0.05) is 42.0 Å². The van der Waals surface area contributed by atoms with Gasteiger partial charge in [-0.25, -0.2) is 0 Å². The van der Waals surface area contributed by atoms with Crippen LogP contribution in [0.1, 0.15) is 11.1 Å². The Kier molecular flexibility index (Phi) is 3.59. The van der Waals surface area contributed by atoms with E-state index in [1.807, 2.05) is 24.3 Å². The number of nitrogens with zero attached hydrogens (tertiary/aromatic N) is 2. The highest BCUT2D eigenvalue weighted by Crippen LogP contribution is 2.29. The Morgan fingerprint density at radius 1 is 1.00 bits per heavy atom. The van der Waals surface area contributed by atoms with Gasteiger partial charge < -0.3 is 14.7 Å². The Balaban J connectivity index is 1.82. The van der Waals surface area contributed by atoms with E-state index in [-0.39, 0.29) is 11.3 Å².